The number of methoxy groups -OCH3 is 1. The number of non-ortho nitro benzene ring substituents is 1. The van der Waals surface area contributed by atoms with Crippen LogP contribution < -0.4 is 31.3 Å². The summed E-state index contributed by atoms with van der Waals surface area (Å²) >= 11 is 1.32. The van der Waals surface area contributed by atoms with Crippen LogP contribution in [0, 0.1) is 10.1 Å². The second kappa shape index (κ2) is 13.2. The van der Waals surface area contributed by atoms with Crippen molar-refractivity contribution < 1.29 is 19.2 Å². The number of nitrogens with one attached hydrogen (secondary N) is 5. The van der Waals surface area contributed by atoms with E-state index in [4.69, 9.17) is 4.74 Å². The lowest BCUT2D eigenvalue weighted by atomic mass is 10.1. The third-order valence-corrected chi connectivity index (χ3v) is 6.52. The summed E-state index contributed by atoms with van der Waals surface area (Å²) in [5.41, 5.74) is 3.09. The quantitative estimate of drug-likeness (QED) is 0.0915. The molecule has 16 heteroatoms. The highest BCUT2D eigenvalue weighted by molar-refractivity contribution is 7.14. The van der Waals surface area contributed by atoms with Gasteiger partial charge >= 0.3 is 6.03 Å². The van der Waals surface area contributed by atoms with Gasteiger partial charge in [-0.3, -0.25) is 25.5 Å². The Bertz CT molecular complexity index is 1800. The monoisotopic (exact) mass is 612 g/mol. The van der Waals surface area contributed by atoms with Crippen LogP contribution in [0.15, 0.2) is 78.2 Å². The molecule has 0 saturated heterocycles. The number of thiazole rings is 1. The number of hydrogen-bond donors (Lipinski definition) is 5. The normalized spacial score (nSPS) is 10.4. The Morgan fingerprint density at radius 1 is 0.750 bits per heavy atom. The largest absolute Gasteiger partial charge is 0.497 e. The van der Waals surface area contributed by atoms with E-state index in [-0.39, 0.29) is 29.4 Å². The van der Waals surface area contributed by atoms with Crippen LogP contribution in [0.1, 0.15) is 6.92 Å². The molecule has 2 heterocycles. The molecule has 15 nitrogen and oxygen atoms in total. The minimum atomic E-state index is -0.675. The van der Waals surface area contributed by atoms with Crippen molar-refractivity contribution in [2.24, 2.45) is 0 Å². The molecule has 3 aromatic carbocycles. The van der Waals surface area contributed by atoms with Crippen LogP contribution in [-0.2, 0) is 4.79 Å². The molecular weight excluding hydrogens is 588 g/mol. The number of ether oxygens (including phenoxy) is 1. The second-order valence-corrected chi connectivity index (χ2v) is 9.82. The molecule has 0 aliphatic carbocycles. The summed E-state index contributed by atoms with van der Waals surface area (Å²) in [6.45, 7) is 1.44. The molecule has 0 atom stereocenters. The number of anilines is 7. The number of benzene rings is 3. The zero-order valence-corrected chi connectivity index (χ0v) is 24.0. The van der Waals surface area contributed by atoms with Crippen LogP contribution in [0.25, 0.3) is 11.3 Å². The standard InChI is InChI=1S/C28H24N10O5S/c1-16(39)29-18-5-3-17(4-6-18)23-15-44-28(32-23)37-26-34-24(30-19-9-13-22(43-2)14-10-19)33-25(35-26)36-27(40)31-20-7-11-21(12-8-20)38(41)42/h3-15H,1-2H3,(H,29,39)(H4,30,31,32,33,34,35,36,37,40). The van der Waals surface area contributed by atoms with Crippen LogP contribution in [0.5, 0.6) is 5.75 Å². The molecule has 0 unspecified atom stereocenters. The van der Waals surface area contributed by atoms with Crippen molar-refractivity contribution in [3.63, 3.8) is 0 Å². The summed E-state index contributed by atoms with van der Waals surface area (Å²) < 4.78 is 5.20. The fourth-order valence-electron chi connectivity index (χ4n) is 3.76. The predicted octanol–water partition coefficient (Wildman–Crippen LogP) is 6.00. The van der Waals surface area contributed by atoms with E-state index in [0.29, 0.717) is 33.6 Å². The van der Waals surface area contributed by atoms with Gasteiger partial charge in [-0.1, -0.05) is 12.1 Å². The van der Waals surface area contributed by atoms with E-state index >= 15 is 0 Å². The van der Waals surface area contributed by atoms with E-state index < -0.39 is 11.0 Å². The van der Waals surface area contributed by atoms with Gasteiger partial charge in [0.2, 0.25) is 23.8 Å². The van der Waals surface area contributed by atoms with E-state index in [0.717, 1.165) is 5.56 Å². The van der Waals surface area contributed by atoms with E-state index in [9.17, 15) is 19.7 Å². The summed E-state index contributed by atoms with van der Waals surface area (Å²) in [5, 5.41) is 27.2. The van der Waals surface area contributed by atoms with Crippen molar-refractivity contribution >= 4 is 69.0 Å². The van der Waals surface area contributed by atoms with Crippen molar-refractivity contribution in [2.45, 2.75) is 6.92 Å². The number of hydrogen-bond acceptors (Lipinski definition) is 12. The molecule has 222 valence electrons. The van der Waals surface area contributed by atoms with Gasteiger partial charge in [0.25, 0.3) is 5.69 Å². The molecule has 2 aromatic heterocycles. The third-order valence-electron chi connectivity index (χ3n) is 5.77. The van der Waals surface area contributed by atoms with E-state index in [1.54, 1.807) is 43.5 Å². The molecule has 0 saturated carbocycles. The number of rotatable bonds is 10. The highest BCUT2D eigenvalue weighted by atomic mass is 32.1. The Kier molecular flexibility index (Phi) is 8.81. The van der Waals surface area contributed by atoms with Gasteiger partial charge in [-0.2, -0.15) is 15.0 Å². The molecule has 44 heavy (non-hydrogen) atoms. The van der Waals surface area contributed by atoms with Gasteiger partial charge in [0.1, 0.15) is 5.75 Å². The molecule has 0 aliphatic rings. The molecule has 3 amide bonds. The summed E-state index contributed by atoms with van der Waals surface area (Å²) in [6, 6.07) is 19.0. The molecule has 0 aliphatic heterocycles. The first-order valence-corrected chi connectivity index (χ1v) is 13.7. The average Bonchev–Trinajstić information content (AvgIpc) is 3.46. The Morgan fingerprint density at radius 3 is 1.98 bits per heavy atom. The Morgan fingerprint density at radius 2 is 1.34 bits per heavy atom. The Balaban J connectivity index is 1.35. The second-order valence-electron chi connectivity index (χ2n) is 8.96. The maximum atomic E-state index is 12.7. The minimum absolute atomic E-state index is 0.0803. The number of carbonyl (C=O) groups is 2. The molecule has 0 spiro atoms. The molecule has 0 bridgehead atoms. The van der Waals surface area contributed by atoms with Crippen molar-refractivity contribution in [1.29, 1.82) is 0 Å². The first-order valence-electron chi connectivity index (χ1n) is 12.8. The van der Waals surface area contributed by atoms with Crippen LogP contribution in [0.3, 0.4) is 0 Å². The SMILES string of the molecule is COc1ccc(Nc2nc(NC(=O)Nc3ccc([N+](=O)[O-])cc3)nc(Nc3nc(-c4ccc(NC(C)=O)cc4)cs3)n2)cc1. The first kappa shape index (κ1) is 29.3. The molecule has 0 radical (unpaired) electrons. The zero-order chi connectivity index (χ0) is 31.1. The van der Waals surface area contributed by atoms with Gasteiger partial charge in [0.05, 0.1) is 17.7 Å². The smallest absolute Gasteiger partial charge is 0.326 e. The Labute approximate surface area is 253 Å². The van der Waals surface area contributed by atoms with E-state index in [1.165, 1.54) is 42.5 Å². The van der Waals surface area contributed by atoms with Crippen LogP contribution in [0.2, 0.25) is 0 Å². The molecule has 5 rings (SSSR count). The number of nitro groups is 1. The number of nitrogens with zero attached hydrogens (tertiary/aromatic N) is 5. The number of aromatic nitrogens is 4. The predicted molar refractivity (Wildman–Crippen MR) is 167 cm³/mol. The number of amides is 3. The molecule has 5 aromatic rings. The van der Waals surface area contributed by atoms with Crippen LogP contribution >= 0.6 is 11.3 Å². The van der Waals surface area contributed by atoms with Crippen molar-refractivity contribution in [1.82, 2.24) is 19.9 Å². The van der Waals surface area contributed by atoms with E-state index in [1.807, 2.05) is 17.5 Å². The maximum Gasteiger partial charge on any atom is 0.326 e. The summed E-state index contributed by atoms with van der Waals surface area (Å²) in [7, 11) is 1.57. The third kappa shape index (κ3) is 7.77. The van der Waals surface area contributed by atoms with Crippen LogP contribution in [0.4, 0.5) is 50.5 Å². The van der Waals surface area contributed by atoms with Gasteiger partial charge in [0.15, 0.2) is 5.13 Å². The summed E-state index contributed by atoms with van der Waals surface area (Å²) in [5.74, 6) is 0.660. The molecule has 5 N–H and O–H groups in total. The topological polar surface area (TPSA) is 198 Å². The van der Waals surface area contributed by atoms with Gasteiger partial charge in [-0.15, -0.1) is 11.3 Å². The molecular formula is C28H24N10O5S. The maximum absolute atomic E-state index is 12.7. The zero-order valence-electron chi connectivity index (χ0n) is 23.2. The average molecular weight is 613 g/mol. The van der Waals surface area contributed by atoms with Crippen molar-refractivity contribution in [3.05, 3.63) is 88.3 Å². The molecule has 0 fully saturated rings. The van der Waals surface area contributed by atoms with Gasteiger partial charge in [0, 0.05) is 47.1 Å². The fourth-order valence-corrected chi connectivity index (χ4v) is 4.48. The summed E-state index contributed by atoms with van der Waals surface area (Å²) in [6.07, 6.45) is 0. The highest BCUT2D eigenvalue weighted by Crippen LogP contribution is 2.28. The van der Waals surface area contributed by atoms with E-state index in [2.05, 4.69) is 46.5 Å². The highest BCUT2D eigenvalue weighted by Gasteiger charge is 2.14. The minimum Gasteiger partial charge on any atom is -0.497 e. The number of carbonyl (C=O) groups excluding carboxylic acids is 2. The lowest BCUT2D eigenvalue weighted by molar-refractivity contribution is -0.384. The van der Waals surface area contributed by atoms with Crippen LogP contribution in [-0.4, -0.2) is 43.9 Å². The first-order chi connectivity index (χ1) is 21.2. The summed E-state index contributed by atoms with van der Waals surface area (Å²) in [4.78, 5) is 52.0. The van der Waals surface area contributed by atoms with Gasteiger partial charge in [-0.25, -0.2) is 9.78 Å². The van der Waals surface area contributed by atoms with Crippen molar-refractivity contribution in [3.8, 4) is 17.0 Å². The van der Waals surface area contributed by atoms with Gasteiger partial charge < -0.3 is 20.7 Å². The lowest BCUT2D eigenvalue weighted by Crippen LogP contribution is -2.21. The number of nitro benzene ring substituents is 1. The van der Waals surface area contributed by atoms with Crippen molar-refractivity contribution in [2.75, 3.05) is 33.7 Å². The fraction of sp³-hybridized carbons (Fsp3) is 0.0714. The Hall–Kier alpha value is -6.16. The lowest BCUT2D eigenvalue weighted by Gasteiger charge is -2.11. The van der Waals surface area contributed by atoms with Gasteiger partial charge in [-0.05, 0) is 48.5 Å². The number of urea groups is 1.